The van der Waals surface area contributed by atoms with E-state index in [-0.39, 0.29) is 11.9 Å². The summed E-state index contributed by atoms with van der Waals surface area (Å²) in [6, 6.07) is 5.83. The predicted molar refractivity (Wildman–Crippen MR) is 84.9 cm³/mol. The summed E-state index contributed by atoms with van der Waals surface area (Å²) in [4.78, 5) is 22.7. The van der Waals surface area contributed by atoms with Crippen LogP contribution in [0, 0.1) is 11.3 Å². The van der Waals surface area contributed by atoms with Crippen molar-refractivity contribution in [2.24, 2.45) is 7.05 Å². The van der Waals surface area contributed by atoms with Crippen molar-refractivity contribution < 1.29 is 4.79 Å². The molecule has 1 saturated heterocycles. The van der Waals surface area contributed by atoms with Gasteiger partial charge in [-0.15, -0.1) is 0 Å². The lowest BCUT2D eigenvalue weighted by molar-refractivity contribution is 0.0917. The maximum absolute atomic E-state index is 12.2. The fourth-order valence-electron chi connectivity index (χ4n) is 2.81. The number of carbonyl (C=O) groups is 1. The highest BCUT2D eigenvalue weighted by molar-refractivity contribution is 5.90. The highest BCUT2D eigenvalue weighted by atomic mass is 16.2. The Labute approximate surface area is 134 Å². The van der Waals surface area contributed by atoms with Crippen LogP contribution in [0.3, 0.4) is 0 Å². The second-order valence-corrected chi connectivity index (χ2v) is 5.58. The smallest absolute Gasteiger partial charge is 0.287 e. The first-order valence-corrected chi connectivity index (χ1v) is 7.57. The zero-order valence-corrected chi connectivity index (χ0v) is 12.9. The average Bonchev–Trinajstić information content (AvgIpc) is 3.02. The van der Waals surface area contributed by atoms with E-state index in [0.29, 0.717) is 11.4 Å². The summed E-state index contributed by atoms with van der Waals surface area (Å²) >= 11 is 0. The molecule has 2 aromatic rings. The van der Waals surface area contributed by atoms with Crippen LogP contribution >= 0.6 is 0 Å². The van der Waals surface area contributed by atoms with Crippen LogP contribution < -0.4 is 10.2 Å². The molecule has 0 saturated carbocycles. The minimum atomic E-state index is -0.147. The molecule has 3 rings (SSSR count). The summed E-state index contributed by atoms with van der Waals surface area (Å²) in [5.41, 5.74) is 0.586. The minimum Gasteiger partial charge on any atom is -0.355 e. The molecule has 1 aliphatic heterocycles. The van der Waals surface area contributed by atoms with E-state index in [1.54, 1.807) is 42.3 Å². The Kier molecular flexibility index (Phi) is 4.24. The number of amides is 1. The van der Waals surface area contributed by atoms with Crippen LogP contribution in [0.25, 0.3) is 0 Å². The van der Waals surface area contributed by atoms with Crippen molar-refractivity contribution in [1.29, 1.82) is 5.26 Å². The van der Waals surface area contributed by atoms with Gasteiger partial charge in [0.2, 0.25) is 0 Å². The van der Waals surface area contributed by atoms with Crippen molar-refractivity contribution in [3.8, 4) is 6.07 Å². The number of nitrogens with zero attached hydrogens (tertiary/aromatic N) is 5. The summed E-state index contributed by atoms with van der Waals surface area (Å²) in [6.45, 7) is 1.52. The molecule has 0 radical (unpaired) electrons. The molecule has 0 aromatic carbocycles. The normalized spacial score (nSPS) is 15.2. The Morgan fingerprint density at radius 1 is 1.35 bits per heavy atom. The first-order chi connectivity index (χ1) is 11.2. The molecule has 118 valence electrons. The number of imidazole rings is 1. The van der Waals surface area contributed by atoms with E-state index in [9.17, 15) is 4.79 Å². The Balaban J connectivity index is 1.60. The first kappa shape index (κ1) is 15.0. The van der Waals surface area contributed by atoms with Gasteiger partial charge in [-0.3, -0.25) is 4.79 Å². The van der Waals surface area contributed by atoms with E-state index < -0.39 is 0 Å². The number of aromatic nitrogens is 3. The molecule has 1 fully saturated rings. The highest BCUT2D eigenvalue weighted by Gasteiger charge is 2.24. The average molecular weight is 310 g/mol. The second kappa shape index (κ2) is 6.48. The number of carbonyl (C=O) groups excluding carboxylic acids is 1. The second-order valence-electron chi connectivity index (χ2n) is 5.58. The van der Waals surface area contributed by atoms with Crippen molar-refractivity contribution in [1.82, 2.24) is 19.9 Å². The van der Waals surface area contributed by atoms with Gasteiger partial charge >= 0.3 is 0 Å². The third kappa shape index (κ3) is 3.16. The maximum Gasteiger partial charge on any atom is 0.287 e. The lowest BCUT2D eigenvalue weighted by atomic mass is 10.0. The van der Waals surface area contributed by atoms with Gasteiger partial charge in [-0.05, 0) is 25.0 Å². The van der Waals surface area contributed by atoms with E-state index in [0.717, 1.165) is 31.7 Å². The van der Waals surface area contributed by atoms with Crippen LogP contribution in [0.2, 0.25) is 0 Å². The lowest BCUT2D eigenvalue weighted by Crippen LogP contribution is -2.45. The van der Waals surface area contributed by atoms with Crippen molar-refractivity contribution in [3.05, 3.63) is 42.1 Å². The number of anilines is 1. The van der Waals surface area contributed by atoms with Crippen LogP contribution in [0.1, 0.15) is 29.0 Å². The van der Waals surface area contributed by atoms with Crippen molar-refractivity contribution in [3.63, 3.8) is 0 Å². The quantitative estimate of drug-likeness (QED) is 0.917. The summed E-state index contributed by atoms with van der Waals surface area (Å²) in [5, 5.41) is 12.2. The van der Waals surface area contributed by atoms with Crippen LogP contribution in [0.4, 0.5) is 5.82 Å². The fraction of sp³-hybridized carbons (Fsp3) is 0.375. The third-order valence-electron chi connectivity index (χ3n) is 4.06. The zero-order chi connectivity index (χ0) is 16.2. The number of hydrogen-bond acceptors (Lipinski definition) is 5. The van der Waals surface area contributed by atoms with Crippen molar-refractivity contribution in [2.45, 2.75) is 18.9 Å². The molecule has 0 spiro atoms. The minimum absolute atomic E-state index is 0.115. The SMILES string of the molecule is Cn1ccnc1C(=O)NC1CCN(c2ncccc2C#N)CC1. The molecule has 0 unspecified atom stereocenters. The number of pyridine rings is 1. The first-order valence-electron chi connectivity index (χ1n) is 7.57. The van der Waals surface area contributed by atoms with E-state index in [4.69, 9.17) is 5.26 Å². The number of rotatable bonds is 3. The molecule has 0 atom stereocenters. The van der Waals surface area contributed by atoms with Gasteiger partial charge in [-0.1, -0.05) is 0 Å². The van der Waals surface area contributed by atoms with Crippen LogP contribution in [-0.4, -0.2) is 39.6 Å². The number of nitriles is 1. The van der Waals surface area contributed by atoms with Crippen LogP contribution in [-0.2, 0) is 7.05 Å². The van der Waals surface area contributed by atoms with E-state index >= 15 is 0 Å². The van der Waals surface area contributed by atoms with Crippen molar-refractivity contribution in [2.75, 3.05) is 18.0 Å². The number of nitrogens with one attached hydrogen (secondary N) is 1. The van der Waals surface area contributed by atoms with E-state index in [1.165, 1.54) is 0 Å². The van der Waals surface area contributed by atoms with Gasteiger partial charge in [-0.2, -0.15) is 5.26 Å². The highest BCUT2D eigenvalue weighted by Crippen LogP contribution is 2.21. The Morgan fingerprint density at radius 2 is 2.13 bits per heavy atom. The van der Waals surface area contributed by atoms with Gasteiger partial charge in [0.25, 0.3) is 5.91 Å². The van der Waals surface area contributed by atoms with Gasteiger partial charge < -0.3 is 14.8 Å². The number of aryl methyl sites for hydroxylation is 1. The predicted octanol–water partition coefficient (Wildman–Crippen LogP) is 1.09. The molecule has 0 aliphatic carbocycles. The Bertz CT molecular complexity index is 739. The molecule has 1 amide bonds. The molecule has 2 aromatic heterocycles. The zero-order valence-electron chi connectivity index (χ0n) is 12.9. The van der Waals surface area contributed by atoms with Crippen LogP contribution in [0.5, 0.6) is 0 Å². The van der Waals surface area contributed by atoms with Gasteiger partial charge in [0.1, 0.15) is 11.9 Å². The van der Waals surface area contributed by atoms with Gasteiger partial charge in [0.05, 0.1) is 5.56 Å². The Hall–Kier alpha value is -2.88. The monoisotopic (exact) mass is 310 g/mol. The van der Waals surface area contributed by atoms with Crippen molar-refractivity contribution >= 4 is 11.7 Å². The summed E-state index contributed by atoms with van der Waals surface area (Å²) < 4.78 is 1.71. The number of piperidine rings is 1. The molecule has 0 bridgehead atoms. The van der Waals surface area contributed by atoms with Gasteiger partial charge in [0, 0.05) is 44.8 Å². The van der Waals surface area contributed by atoms with Gasteiger partial charge in [0.15, 0.2) is 5.82 Å². The van der Waals surface area contributed by atoms with Crippen LogP contribution in [0.15, 0.2) is 30.7 Å². The maximum atomic E-state index is 12.2. The molecule has 1 N–H and O–H groups in total. The summed E-state index contributed by atoms with van der Waals surface area (Å²) in [6.07, 6.45) is 6.70. The van der Waals surface area contributed by atoms with Gasteiger partial charge in [-0.25, -0.2) is 9.97 Å². The molecular formula is C16H18N6O. The summed E-state index contributed by atoms with van der Waals surface area (Å²) in [5.74, 6) is 0.999. The summed E-state index contributed by atoms with van der Waals surface area (Å²) in [7, 11) is 1.80. The molecule has 3 heterocycles. The lowest BCUT2D eigenvalue weighted by Gasteiger charge is -2.33. The standard InChI is InChI=1S/C16H18N6O/c1-21-10-7-19-15(21)16(23)20-13-4-8-22(9-5-13)14-12(11-17)3-2-6-18-14/h2-3,6-7,10,13H,4-5,8-9H2,1H3,(H,20,23). The van der Waals surface area contributed by atoms with E-state index in [2.05, 4.69) is 26.3 Å². The third-order valence-corrected chi connectivity index (χ3v) is 4.06. The number of hydrogen-bond donors (Lipinski definition) is 1. The molecule has 1 aliphatic rings. The fourth-order valence-corrected chi connectivity index (χ4v) is 2.81. The Morgan fingerprint density at radius 3 is 2.78 bits per heavy atom. The largest absolute Gasteiger partial charge is 0.355 e. The molecule has 23 heavy (non-hydrogen) atoms. The molecule has 7 heteroatoms. The van der Waals surface area contributed by atoms with E-state index in [1.807, 2.05) is 0 Å². The molecule has 7 nitrogen and oxygen atoms in total. The molecular weight excluding hydrogens is 292 g/mol. The topological polar surface area (TPSA) is 86.8 Å².